The molecule has 1 rings (SSSR count). The van der Waals surface area contributed by atoms with E-state index in [2.05, 4.69) is 0 Å². The van der Waals surface area contributed by atoms with E-state index in [1.54, 1.807) is 6.07 Å². The Morgan fingerprint density at radius 2 is 1.82 bits per heavy atom. The fourth-order valence-electron chi connectivity index (χ4n) is 0.611. The van der Waals surface area contributed by atoms with Crippen LogP contribution in [0.1, 0.15) is 19.4 Å². The molecule has 0 amide bonds. The number of nitrogens with two attached hydrogens (primary N) is 1. The Hall–Kier alpha value is -1.05. The van der Waals surface area contributed by atoms with Crippen molar-refractivity contribution in [2.24, 2.45) is 0 Å². The second-order valence-corrected chi connectivity index (χ2v) is 2.00. The van der Waals surface area contributed by atoms with Crippen LogP contribution in [0.4, 0.5) is 10.1 Å². The van der Waals surface area contributed by atoms with Gasteiger partial charge in [0.05, 0.1) is 0 Å². The molecule has 0 aliphatic rings. The fourth-order valence-corrected chi connectivity index (χ4v) is 0.611. The van der Waals surface area contributed by atoms with Gasteiger partial charge in [-0.15, -0.1) is 0 Å². The standard InChI is InChI=1S/C7H8FN.C2H6/c1-5-2-3-6(8)4-7(5)9;1-2/h2-4H,9H2,1H3;1-2H3. The van der Waals surface area contributed by atoms with E-state index in [9.17, 15) is 4.39 Å². The summed E-state index contributed by atoms with van der Waals surface area (Å²) in [7, 11) is 0. The Labute approximate surface area is 67.0 Å². The molecule has 0 fully saturated rings. The topological polar surface area (TPSA) is 26.0 Å². The Morgan fingerprint density at radius 1 is 1.27 bits per heavy atom. The molecule has 62 valence electrons. The zero-order chi connectivity index (χ0) is 8.85. The molecule has 2 heteroatoms. The van der Waals surface area contributed by atoms with Crippen LogP contribution < -0.4 is 5.73 Å². The lowest BCUT2D eigenvalue weighted by Crippen LogP contribution is -1.89. The molecule has 0 unspecified atom stereocenters. The van der Waals surface area contributed by atoms with Crippen molar-refractivity contribution >= 4 is 5.69 Å². The molecule has 0 saturated heterocycles. The number of anilines is 1. The van der Waals surface area contributed by atoms with Gasteiger partial charge in [-0.3, -0.25) is 0 Å². The summed E-state index contributed by atoms with van der Waals surface area (Å²) in [5.74, 6) is -0.280. The van der Waals surface area contributed by atoms with Gasteiger partial charge in [0, 0.05) is 5.69 Å². The first-order valence-corrected chi connectivity index (χ1v) is 3.72. The first kappa shape index (κ1) is 9.95. The monoisotopic (exact) mass is 155 g/mol. The molecule has 1 aromatic carbocycles. The predicted octanol–water partition coefficient (Wildman–Crippen LogP) is 2.74. The van der Waals surface area contributed by atoms with Crippen LogP contribution in [0.5, 0.6) is 0 Å². The van der Waals surface area contributed by atoms with E-state index in [0.29, 0.717) is 5.69 Å². The molecule has 0 atom stereocenters. The van der Waals surface area contributed by atoms with Crippen molar-refractivity contribution in [1.82, 2.24) is 0 Å². The number of benzene rings is 1. The van der Waals surface area contributed by atoms with Crippen molar-refractivity contribution in [3.05, 3.63) is 29.6 Å². The molecular weight excluding hydrogens is 141 g/mol. The zero-order valence-electron chi connectivity index (χ0n) is 7.19. The van der Waals surface area contributed by atoms with Crippen LogP contribution in [0, 0.1) is 12.7 Å². The van der Waals surface area contributed by atoms with Gasteiger partial charge in [-0.25, -0.2) is 4.39 Å². The van der Waals surface area contributed by atoms with Crippen LogP contribution in [0.2, 0.25) is 0 Å². The number of nitrogen functional groups attached to an aromatic ring is 1. The van der Waals surface area contributed by atoms with Crippen molar-refractivity contribution in [3.63, 3.8) is 0 Å². The van der Waals surface area contributed by atoms with E-state index >= 15 is 0 Å². The highest BCUT2D eigenvalue weighted by atomic mass is 19.1. The van der Waals surface area contributed by atoms with E-state index in [-0.39, 0.29) is 5.82 Å². The fraction of sp³-hybridized carbons (Fsp3) is 0.333. The SMILES string of the molecule is CC.Cc1ccc(F)cc1N. The smallest absolute Gasteiger partial charge is 0.125 e. The van der Waals surface area contributed by atoms with E-state index in [1.165, 1.54) is 12.1 Å². The van der Waals surface area contributed by atoms with Gasteiger partial charge in [0.1, 0.15) is 5.82 Å². The maximum atomic E-state index is 12.3. The third-order valence-corrected chi connectivity index (χ3v) is 1.24. The molecule has 2 N–H and O–H groups in total. The first-order chi connectivity index (χ1) is 5.20. The average molecular weight is 155 g/mol. The van der Waals surface area contributed by atoms with Gasteiger partial charge >= 0.3 is 0 Å². The second-order valence-electron chi connectivity index (χ2n) is 2.00. The minimum atomic E-state index is -0.280. The van der Waals surface area contributed by atoms with Gasteiger partial charge in [-0.2, -0.15) is 0 Å². The number of halogens is 1. The van der Waals surface area contributed by atoms with E-state index in [0.717, 1.165) is 5.56 Å². The Bertz CT molecular complexity index is 221. The van der Waals surface area contributed by atoms with Crippen LogP contribution in [-0.4, -0.2) is 0 Å². The first-order valence-electron chi connectivity index (χ1n) is 3.72. The lowest BCUT2D eigenvalue weighted by atomic mass is 10.2. The molecule has 0 saturated carbocycles. The Kier molecular flexibility index (Phi) is 4.27. The van der Waals surface area contributed by atoms with Crippen molar-refractivity contribution in [2.75, 3.05) is 5.73 Å². The number of rotatable bonds is 0. The molecule has 0 heterocycles. The highest BCUT2D eigenvalue weighted by Gasteiger charge is 1.92. The van der Waals surface area contributed by atoms with Crippen molar-refractivity contribution in [1.29, 1.82) is 0 Å². The van der Waals surface area contributed by atoms with Gasteiger partial charge in [0.25, 0.3) is 0 Å². The Morgan fingerprint density at radius 3 is 2.18 bits per heavy atom. The highest BCUT2D eigenvalue weighted by Crippen LogP contribution is 2.10. The van der Waals surface area contributed by atoms with Crippen molar-refractivity contribution in [3.8, 4) is 0 Å². The van der Waals surface area contributed by atoms with Crippen LogP contribution in [0.3, 0.4) is 0 Å². The maximum Gasteiger partial charge on any atom is 0.125 e. The van der Waals surface area contributed by atoms with Gasteiger partial charge in [0.15, 0.2) is 0 Å². The van der Waals surface area contributed by atoms with Crippen molar-refractivity contribution in [2.45, 2.75) is 20.8 Å². The third kappa shape index (κ3) is 3.03. The van der Waals surface area contributed by atoms with Gasteiger partial charge in [-0.1, -0.05) is 19.9 Å². The van der Waals surface area contributed by atoms with Crippen LogP contribution >= 0.6 is 0 Å². The van der Waals surface area contributed by atoms with E-state index < -0.39 is 0 Å². The number of hydrogen-bond donors (Lipinski definition) is 1. The van der Waals surface area contributed by atoms with Crippen LogP contribution in [0.25, 0.3) is 0 Å². The number of aryl methyl sites for hydroxylation is 1. The van der Waals surface area contributed by atoms with Gasteiger partial charge < -0.3 is 5.73 Å². The molecule has 11 heavy (non-hydrogen) atoms. The summed E-state index contributed by atoms with van der Waals surface area (Å²) in [6, 6.07) is 4.37. The summed E-state index contributed by atoms with van der Waals surface area (Å²) >= 11 is 0. The van der Waals surface area contributed by atoms with E-state index in [1.807, 2.05) is 20.8 Å². The number of hydrogen-bond acceptors (Lipinski definition) is 1. The average Bonchev–Trinajstić information content (AvgIpc) is 2.02. The molecular formula is C9H14FN. The molecule has 1 nitrogen and oxygen atoms in total. The maximum absolute atomic E-state index is 12.3. The molecule has 0 aliphatic heterocycles. The quantitative estimate of drug-likeness (QED) is 0.573. The van der Waals surface area contributed by atoms with Gasteiger partial charge in [-0.05, 0) is 24.6 Å². The third-order valence-electron chi connectivity index (χ3n) is 1.24. The summed E-state index contributed by atoms with van der Waals surface area (Å²) in [4.78, 5) is 0. The minimum absolute atomic E-state index is 0.280. The largest absolute Gasteiger partial charge is 0.398 e. The summed E-state index contributed by atoms with van der Waals surface area (Å²) in [5.41, 5.74) is 6.80. The second kappa shape index (κ2) is 4.72. The summed E-state index contributed by atoms with van der Waals surface area (Å²) in [5, 5.41) is 0. The molecule has 0 spiro atoms. The van der Waals surface area contributed by atoms with E-state index in [4.69, 9.17) is 5.73 Å². The molecule has 0 aromatic heterocycles. The van der Waals surface area contributed by atoms with Gasteiger partial charge in [0.2, 0.25) is 0 Å². The summed E-state index contributed by atoms with van der Waals surface area (Å²) < 4.78 is 12.3. The lowest BCUT2D eigenvalue weighted by molar-refractivity contribution is 0.628. The highest BCUT2D eigenvalue weighted by molar-refractivity contribution is 5.45. The normalized spacial score (nSPS) is 8.36. The molecule has 0 bridgehead atoms. The minimum Gasteiger partial charge on any atom is -0.398 e. The predicted molar refractivity (Wildman–Crippen MR) is 46.9 cm³/mol. The molecule has 0 aliphatic carbocycles. The zero-order valence-corrected chi connectivity index (χ0v) is 7.19. The summed E-state index contributed by atoms with van der Waals surface area (Å²) in [6.07, 6.45) is 0. The Balaban J connectivity index is 0.000000461. The summed E-state index contributed by atoms with van der Waals surface area (Å²) in [6.45, 7) is 5.84. The lowest BCUT2D eigenvalue weighted by Gasteiger charge is -1.96. The molecule has 0 radical (unpaired) electrons. The van der Waals surface area contributed by atoms with Crippen molar-refractivity contribution < 1.29 is 4.39 Å². The van der Waals surface area contributed by atoms with Crippen LogP contribution in [0.15, 0.2) is 18.2 Å². The molecule has 1 aromatic rings. The van der Waals surface area contributed by atoms with Crippen LogP contribution in [-0.2, 0) is 0 Å².